The summed E-state index contributed by atoms with van der Waals surface area (Å²) in [6.45, 7) is 7.07. The second-order valence-corrected chi connectivity index (χ2v) is 4.75. The van der Waals surface area contributed by atoms with Gasteiger partial charge >= 0.3 is 0 Å². The highest BCUT2D eigenvalue weighted by molar-refractivity contribution is 14.0. The van der Waals surface area contributed by atoms with E-state index < -0.39 is 0 Å². The zero-order valence-electron chi connectivity index (χ0n) is 13.9. The van der Waals surface area contributed by atoms with Gasteiger partial charge in [0.15, 0.2) is 5.96 Å². The van der Waals surface area contributed by atoms with E-state index >= 15 is 0 Å². The summed E-state index contributed by atoms with van der Waals surface area (Å²) in [6, 6.07) is 6.24. The quantitative estimate of drug-likeness (QED) is 0.293. The third kappa shape index (κ3) is 7.84. The van der Waals surface area contributed by atoms with Crippen LogP contribution in [0.25, 0.3) is 0 Å². The number of nitrogens with zero attached hydrogens (tertiary/aromatic N) is 1. The fourth-order valence-electron chi connectivity index (χ4n) is 2.01. The topological polar surface area (TPSA) is 54.9 Å². The lowest BCUT2D eigenvalue weighted by Gasteiger charge is -2.13. The van der Waals surface area contributed by atoms with Crippen molar-refractivity contribution in [3.05, 3.63) is 29.3 Å². The first-order valence-corrected chi connectivity index (χ1v) is 7.35. The van der Waals surface area contributed by atoms with Crippen molar-refractivity contribution < 1.29 is 9.47 Å². The van der Waals surface area contributed by atoms with Crippen LogP contribution in [0.2, 0.25) is 0 Å². The molecule has 1 aromatic rings. The van der Waals surface area contributed by atoms with Crippen LogP contribution < -0.4 is 15.4 Å². The maximum absolute atomic E-state index is 5.39. The van der Waals surface area contributed by atoms with Crippen molar-refractivity contribution in [1.82, 2.24) is 10.6 Å². The van der Waals surface area contributed by atoms with Crippen LogP contribution in [0.4, 0.5) is 0 Å². The first-order valence-electron chi connectivity index (χ1n) is 7.35. The standard InChI is InChI=1S/C16H27N3O2.HI/c1-5-17-16(19-10-11-20-3)18-9-8-14-12-13(2)6-7-15(14)21-4;/h6-7,12H,5,8-11H2,1-4H3,(H2,17,18,19);1H. The van der Waals surface area contributed by atoms with Crippen LogP contribution in [0.1, 0.15) is 18.1 Å². The summed E-state index contributed by atoms with van der Waals surface area (Å²) in [7, 11) is 3.39. The van der Waals surface area contributed by atoms with Crippen LogP contribution in [0.3, 0.4) is 0 Å². The maximum Gasteiger partial charge on any atom is 0.191 e. The molecule has 0 atom stereocenters. The number of benzene rings is 1. The van der Waals surface area contributed by atoms with Gasteiger partial charge in [-0.25, -0.2) is 0 Å². The number of hydrogen-bond acceptors (Lipinski definition) is 3. The number of rotatable bonds is 8. The van der Waals surface area contributed by atoms with Crippen LogP contribution in [-0.4, -0.2) is 46.4 Å². The minimum atomic E-state index is 0. The Labute approximate surface area is 150 Å². The van der Waals surface area contributed by atoms with Crippen molar-refractivity contribution in [2.45, 2.75) is 20.3 Å². The number of nitrogens with one attached hydrogen (secondary N) is 2. The molecule has 0 amide bonds. The monoisotopic (exact) mass is 421 g/mol. The first-order chi connectivity index (χ1) is 10.2. The molecule has 1 rings (SSSR count). The number of aryl methyl sites for hydroxylation is 1. The summed E-state index contributed by atoms with van der Waals surface area (Å²) in [5.41, 5.74) is 2.45. The second kappa shape index (κ2) is 12.5. The van der Waals surface area contributed by atoms with E-state index in [4.69, 9.17) is 9.47 Å². The number of guanidine groups is 1. The lowest BCUT2D eigenvalue weighted by Crippen LogP contribution is -2.38. The number of halogens is 1. The minimum absolute atomic E-state index is 0. The van der Waals surface area contributed by atoms with Gasteiger partial charge in [0.05, 0.1) is 20.3 Å². The average molecular weight is 421 g/mol. The molecule has 0 radical (unpaired) electrons. The van der Waals surface area contributed by atoms with Gasteiger partial charge in [0.1, 0.15) is 5.75 Å². The lowest BCUT2D eigenvalue weighted by molar-refractivity contribution is 0.208. The Morgan fingerprint density at radius 1 is 1.23 bits per heavy atom. The number of hydrogen-bond donors (Lipinski definition) is 2. The van der Waals surface area contributed by atoms with E-state index in [0.29, 0.717) is 13.2 Å². The molecule has 0 aliphatic rings. The molecule has 1 aromatic carbocycles. The Hall–Kier alpha value is -1.02. The predicted molar refractivity (Wildman–Crippen MR) is 103 cm³/mol. The zero-order valence-corrected chi connectivity index (χ0v) is 16.3. The lowest BCUT2D eigenvalue weighted by atomic mass is 10.1. The minimum Gasteiger partial charge on any atom is -0.496 e. The smallest absolute Gasteiger partial charge is 0.191 e. The Kier molecular flexibility index (Phi) is 11.9. The van der Waals surface area contributed by atoms with Crippen LogP contribution in [-0.2, 0) is 11.2 Å². The highest BCUT2D eigenvalue weighted by Crippen LogP contribution is 2.19. The van der Waals surface area contributed by atoms with Gasteiger partial charge in [0.2, 0.25) is 0 Å². The molecule has 0 aliphatic heterocycles. The third-order valence-corrected chi connectivity index (χ3v) is 3.03. The summed E-state index contributed by atoms with van der Waals surface area (Å²) in [5.74, 6) is 1.75. The predicted octanol–water partition coefficient (Wildman–Crippen LogP) is 2.37. The fourth-order valence-corrected chi connectivity index (χ4v) is 2.01. The van der Waals surface area contributed by atoms with Crippen molar-refractivity contribution in [3.63, 3.8) is 0 Å². The van der Waals surface area contributed by atoms with Crippen LogP contribution in [0.5, 0.6) is 5.75 Å². The highest BCUT2D eigenvalue weighted by atomic mass is 127. The van der Waals surface area contributed by atoms with Gasteiger partial charge in [-0.2, -0.15) is 0 Å². The van der Waals surface area contributed by atoms with E-state index in [1.54, 1.807) is 14.2 Å². The average Bonchev–Trinajstić information content (AvgIpc) is 2.48. The summed E-state index contributed by atoms with van der Waals surface area (Å²) in [5, 5.41) is 6.55. The summed E-state index contributed by atoms with van der Waals surface area (Å²) >= 11 is 0. The van der Waals surface area contributed by atoms with E-state index in [9.17, 15) is 0 Å². The molecule has 22 heavy (non-hydrogen) atoms. The molecule has 0 heterocycles. The van der Waals surface area contributed by atoms with Crippen LogP contribution in [0.15, 0.2) is 23.2 Å². The van der Waals surface area contributed by atoms with E-state index in [2.05, 4.69) is 41.6 Å². The van der Waals surface area contributed by atoms with E-state index in [1.807, 2.05) is 6.07 Å². The molecule has 5 nitrogen and oxygen atoms in total. The van der Waals surface area contributed by atoms with Crippen LogP contribution in [0, 0.1) is 6.92 Å². The Bertz CT molecular complexity index is 453. The third-order valence-electron chi connectivity index (χ3n) is 3.03. The van der Waals surface area contributed by atoms with Gasteiger partial charge in [-0.05, 0) is 31.9 Å². The van der Waals surface area contributed by atoms with E-state index in [1.165, 1.54) is 11.1 Å². The molecule has 0 saturated carbocycles. The first kappa shape index (κ1) is 21.0. The molecule has 0 spiro atoms. The van der Waals surface area contributed by atoms with Gasteiger partial charge < -0.3 is 20.1 Å². The van der Waals surface area contributed by atoms with Crippen molar-refractivity contribution in [3.8, 4) is 5.75 Å². The molecule has 0 saturated heterocycles. The highest BCUT2D eigenvalue weighted by Gasteiger charge is 2.04. The molecular formula is C16H28IN3O2. The Balaban J connectivity index is 0.00000441. The van der Waals surface area contributed by atoms with Crippen molar-refractivity contribution >= 4 is 29.9 Å². The molecule has 6 heteroatoms. The van der Waals surface area contributed by atoms with Crippen molar-refractivity contribution in [1.29, 1.82) is 0 Å². The fraction of sp³-hybridized carbons (Fsp3) is 0.562. The summed E-state index contributed by atoms with van der Waals surface area (Å²) in [4.78, 5) is 4.43. The number of aliphatic imine (C=N–C) groups is 1. The van der Waals surface area contributed by atoms with E-state index in [0.717, 1.165) is 31.2 Å². The SMILES string of the molecule is CCNC(=NCCOC)NCCc1cc(C)ccc1OC.I. The molecule has 0 bridgehead atoms. The second-order valence-electron chi connectivity index (χ2n) is 4.75. The molecule has 126 valence electrons. The maximum atomic E-state index is 5.39. The normalized spacial score (nSPS) is 10.8. The van der Waals surface area contributed by atoms with E-state index in [-0.39, 0.29) is 24.0 Å². The summed E-state index contributed by atoms with van der Waals surface area (Å²) < 4.78 is 10.4. The van der Waals surface area contributed by atoms with Crippen molar-refractivity contribution in [2.75, 3.05) is 40.5 Å². The Morgan fingerprint density at radius 2 is 2.00 bits per heavy atom. The van der Waals surface area contributed by atoms with Crippen molar-refractivity contribution in [2.24, 2.45) is 4.99 Å². The van der Waals surface area contributed by atoms with Gasteiger partial charge in [0.25, 0.3) is 0 Å². The molecule has 0 aliphatic carbocycles. The number of ether oxygens (including phenoxy) is 2. The molecular weight excluding hydrogens is 393 g/mol. The largest absolute Gasteiger partial charge is 0.496 e. The number of methoxy groups -OCH3 is 2. The van der Waals surface area contributed by atoms with Gasteiger partial charge in [-0.3, -0.25) is 4.99 Å². The molecule has 0 aromatic heterocycles. The van der Waals surface area contributed by atoms with Crippen LogP contribution >= 0.6 is 24.0 Å². The molecule has 0 fully saturated rings. The van der Waals surface area contributed by atoms with Gasteiger partial charge in [-0.15, -0.1) is 24.0 Å². The Morgan fingerprint density at radius 3 is 2.64 bits per heavy atom. The van der Waals surface area contributed by atoms with Gasteiger partial charge in [0, 0.05) is 20.2 Å². The van der Waals surface area contributed by atoms with Gasteiger partial charge in [-0.1, -0.05) is 17.7 Å². The molecule has 2 N–H and O–H groups in total. The molecule has 0 unspecified atom stereocenters. The zero-order chi connectivity index (χ0) is 15.5. The summed E-state index contributed by atoms with van der Waals surface area (Å²) in [6.07, 6.45) is 0.888.